The van der Waals surface area contributed by atoms with Crippen LogP contribution in [0.4, 0.5) is 0 Å². The van der Waals surface area contributed by atoms with Gasteiger partial charge in [-0.15, -0.1) is 0 Å². The second kappa shape index (κ2) is 4.97. The van der Waals surface area contributed by atoms with Gasteiger partial charge in [0.1, 0.15) is 5.76 Å². The normalized spacial score (nSPS) is 27.2. The van der Waals surface area contributed by atoms with E-state index >= 15 is 0 Å². The molecule has 0 radical (unpaired) electrons. The predicted octanol–water partition coefficient (Wildman–Crippen LogP) is 1.58. The molecule has 2 atom stereocenters. The molecule has 16 heavy (non-hydrogen) atoms. The molecule has 2 rings (SSSR count). The fourth-order valence-corrected chi connectivity index (χ4v) is 2.53. The number of hydrogen-bond acceptors (Lipinski definition) is 4. The van der Waals surface area contributed by atoms with Crippen LogP contribution in [0.15, 0.2) is 10.6 Å². The molecular formula is C12H20N2O2. The first-order valence-electron chi connectivity index (χ1n) is 5.98. The Kier molecular flexibility index (Phi) is 3.61. The van der Waals surface area contributed by atoms with E-state index in [1.807, 2.05) is 13.0 Å². The molecular weight excluding hydrogens is 204 g/mol. The van der Waals surface area contributed by atoms with Gasteiger partial charge in [0.25, 0.3) is 0 Å². The van der Waals surface area contributed by atoms with Crippen molar-refractivity contribution >= 4 is 0 Å². The predicted molar refractivity (Wildman–Crippen MR) is 60.9 cm³/mol. The molecule has 0 saturated carbocycles. The summed E-state index contributed by atoms with van der Waals surface area (Å²) in [5.74, 6) is 1.41. The van der Waals surface area contributed by atoms with Gasteiger partial charge in [-0.25, -0.2) is 0 Å². The van der Waals surface area contributed by atoms with Gasteiger partial charge in [0, 0.05) is 18.7 Å². The Morgan fingerprint density at radius 2 is 2.44 bits per heavy atom. The number of nitrogens with zero attached hydrogens (tertiary/aromatic N) is 2. The summed E-state index contributed by atoms with van der Waals surface area (Å²) in [7, 11) is 0. The van der Waals surface area contributed by atoms with Crippen molar-refractivity contribution in [3.05, 3.63) is 17.5 Å². The summed E-state index contributed by atoms with van der Waals surface area (Å²) in [5.41, 5.74) is 0.963. The van der Waals surface area contributed by atoms with Crippen LogP contribution in [0.5, 0.6) is 0 Å². The molecule has 2 heterocycles. The number of aromatic nitrogens is 1. The lowest BCUT2D eigenvalue weighted by Gasteiger charge is -2.38. The maximum absolute atomic E-state index is 9.43. The van der Waals surface area contributed by atoms with E-state index < -0.39 is 0 Å². The quantitative estimate of drug-likeness (QED) is 0.846. The van der Waals surface area contributed by atoms with Gasteiger partial charge in [-0.2, -0.15) is 0 Å². The summed E-state index contributed by atoms with van der Waals surface area (Å²) in [6, 6.07) is 2.24. The molecule has 2 unspecified atom stereocenters. The maximum atomic E-state index is 9.43. The van der Waals surface area contributed by atoms with E-state index in [1.165, 1.54) is 12.8 Å². The van der Waals surface area contributed by atoms with Crippen molar-refractivity contribution in [3.63, 3.8) is 0 Å². The lowest BCUT2D eigenvalue weighted by Crippen LogP contribution is -2.46. The topological polar surface area (TPSA) is 49.5 Å². The second-order valence-electron chi connectivity index (χ2n) is 4.77. The first kappa shape index (κ1) is 11.6. The zero-order chi connectivity index (χ0) is 11.5. The minimum atomic E-state index is 0.234. The standard InChI is InChI=1S/C12H20N2O2/c1-9-4-3-5-14(12(9)8-15)7-11-6-10(2)16-13-11/h6,9,12,15H,3-5,7-8H2,1-2H3. The molecule has 1 fully saturated rings. The van der Waals surface area contributed by atoms with E-state index in [0.29, 0.717) is 5.92 Å². The Bertz CT molecular complexity index is 338. The number of aliphatic hydroxyl groups is 1. The number of aryl methyl sites for hydroxylation is 1. The van der Waals surface area contributed by atoms with E-state index in [0.717, 1.165) is 24.5 Å². The third kappa shape index (κ3) is 2.44. The first-order valence-corrected chi connectivity index (χ1v) is 5.98. The molecule has 1 N–H and O–H groups in total. The number of piperidine rings is 1. The maximum Gasteiger partial charge on any atom is 0.133 e. The molecule has 0 aliphatic carbocycles. The second-order valence-corrected chi connectivity index (χ2v) is 4.77. The lowest BCUT2D eigenvalue weighted by atomic mass is 9.91. The largest absolute Gasteiger partial charge is 0.395 e. The molecule has 90 valence electrons. The van der Waals surface area contributed by atoms with Gasteiger partial charge in [-0.1, -0.05) is 12.1 Å². The average Bonchev–Trinajstić information content (AvgIpc) is 2.64. The van der Waals surface area contributed by atoms with Crippen molar-refractivity contribution in [2.75, 3.05) is 13.2 Å². The van der Waals surface area contributed by atoms with Gasteiger partial charge in [-0.05, 0) is 32.2 Å². The molecule has 0 amide bonds. The fourth-order valence-electron chi connectivity index (χ4n) is 2.53. The van der Waals surface area contributed by atoms with Crippen LogP contribution in [-0.4, -0.2) is 34.4 Å². The van der Waals surface area contributed by atoms with Crippen molar-refractivity contribution in [1.82, 2.24) is 10.1 Å². The van der Waals surface area contributed by atoms with Gasteiger partial charge in [0.2, 0.25) is 0 Å². The van der Waals surface area contributed by atoms with Gasteiger partial charge in [0.15, 0.2) is 0 Å². The van der Waals surface area contributed by atoms with Crippen LogP contribution < -0.4 is 0 Å². The highest BCUT2D eigenvalue weighted by Crippen LogP contribution is 2.24. The van der Waals surface area contributed by atoms with Crippen LogP contribution in [0.2, 0.25) is 0 Å². The van der Waals surface area contributed by atoms with Crippen LogP contribution >= 0.6 is 0 Å². The number of likely N-dealkylation sites (tertiary alicyclic amines) is 1. The van der Waals surface area contributed by atoms with E-state index in [4.69, 9.17) is 4.52 Å². The first-order chi connectivity index (χ1) is 7.70. The van der Waals surface area contributed by atoms with E-state index in [9.17, 15) is 5.11 Å². The highest BCUT2D eigenvalue weighted by atomic mass is 16.5. The summed E-state index contributed by atoms with van der Waals surface area (Å²) in [5, 5.41) is 13.4. The Hall–Kier alpha value is -0.870. The van der Waals surface area contributed by atoms with Crippen molar-refractivity contribution in [2.45, 2.75) is 39.3 Å². The Balaban J connectivity index is 2.02. The van der Waals surface area contributed by atoms with Crippen molar-refractivity contribution in [1.29, 1.82) is 0 Å². The van der Waals surface area contributed by atoms with Crippen LogP contribution in [0.25, 0.3) is 0 Å². The molecule has 0 bridgehead atoms. The monoisotopic (exact) mass is 224 g/mol. The van der Waals surface area contributed by atoms with Gasteiger partial charge < -0.3 is 9.63 Å². The molecule has 1 aromatic heterocycles. The van der Waals surface area contributed by atoms with Gasteiger partial charge in [0.05, 0.1) is 12.3 Å². The molecule has 1 aromatic rings. The summed E-state index contributed by atoms with van der Waals surface area (Å²) < 4.78 is 5.06. The van der Waals surface area contributed by atoms with Crippen molar-refractivity contribution < 1.29 is 9.63 Å². The molecule has 0 spiro atoms. The van der Waals surface area contributed by atoms with Crippen LogP contribution in [0.1, 0.15) is 31.2 Å². The van der Waals surface area contributed by atoms with E-state index in [-0.39, 0.29) is 12.6 Å². The Labute approximate surface area is 96.2 Å². The zero-order valence-electron chi connectivity index (χ0n) is 10.0. The molecule has 0 aromatic carbocycles. The molecule has 4 nitrogen and oxygen atoms in total. The number of aliphatic hydroxyl groups excluding tert-OH is 1. The van der Waals surface area contributed by atoms with Crippen LogP contribution in [0.3, 0.4) is 0 Å². The zero-order valence-corrected chi connectivity index (χ0v) is 10.0. The third-order valence-corrected chi connectivity index (χ3v) is 3.46. The van der Waals surface area contributed by atoms with E-state index in [2.05, 4.69) is 17.0 Å². The van der Waals surface area contributed by atoms with Crippen LogP contribution in [-0.2, 0) is 6.54 Å². The Morgan fingerprint density at radius 1 is 1.62 bits per heavy atom. The fraction of sp³-hybridized carbons (Fsp3) is 0.750. The number of hydrogen-bond donors (Lipinski definition) is 1. The summed E-state index contributed by atoms with van der Waals surface area (Å²) in [6.45, 7) is 6.17. The molecule has 1 aliphatic heterocycles. The summed E-state index contributed by atoms with van der Waals surface area (Å²) >= 11 is 0. The average molecular weight is 224 g/mol. The highest BCUT2D eigenvalue weighted by molar-refractivity contribution is 5.04. The lowest BCUT2D eigenvalue weighted by molar-refractivity contribution is 0.0457. The molecule has 1 saturated heterocycles. The summed E-state index contributed by atoms with van der Waals surface area (Å²) in [6.07, 6.45) is 2.41. The van der Waals surface area contributed by atoms with Crippen LogP contribution in [0, 0.1) is 12.8 Å². The Morgan fingerprint density at radius 3 is 3.06 bits per heavy atom. The molecule has 4 heteroatoms. The number of rotatable bonds is 3. The summed E-state index contributed by atoms with van der Waals surface area (Å²) in [4.78, 5) is 2.31. The van der Waals surface area contributed by atoms with Crippen molar-refractivity contribution in [3.8, 4) is 0 Å². The van der Waals surface area contributed by atoms with Gasteiger partial charge >= 0.3 is 0 Å². The van der Waals surface area contributed by atoms with Gasteiger partial charge in [-0.3, -0.25) is 4.90 Å². The minimum Gasteiger partial charge on any atom is -0.395 e. The molecule has 1 aliphatic rings. The van der Waals surface area contributed by atoms with E-state index in [1.54, 1.807) is 0 Å². The third-order valence-electron chi connectivity index (χ3n) is 3.46. The highest BCUT2D eigenvalue weighted by Gasteiger charge is 2.28. The minimum absolute atomic E-state index is 0.234. The SMILES string of the molecule is Cc1cc(CN2CCCC(C)C2CO)no1. The smallest absolute Gasteiger partial charge is 0.133 e. The van der Waals surface area contributed by atoms with Crippen molar-refractivity contribution in [2.24, 2.45) is 5.92 Å².